The lowest BCUT2D eigenvalue weighted by atomic mass is 10.2. The molecule has 102 valence electrons. The van der Waals surface area contributed by atoms with Crippen molar-refractivity contribution in [1.29, 1.82) is 0 Å². The monoisotopic (exact) mass is 259 g/mol. The molecule has 19 heavy (non-hydrogen) atoms. The Labute approximate surface area is 113 Å². The summed E-state index contributed by atoms with van der Waals surface area (Å²) in [5.41, 5.74) is 8.05. The minimum Gasteiger partial charge on any atom is -0.397 e. The van der Waals surface area contributed by atoms with Crippen molar-refractivity contribution in [2.75, 3.05) is 18.8 Å². The first-order valence-electron chi connectivity index (χ1n) is 6.83. The molecular formula is C15H21N3O. The average molecular weight is 259 g/mol. The molecule has 0 aliphatic carbocycles. The van der Waals surface area contributed by atoms with Gasteiger partial charge in [-0.1, -0.05) is 26.0 Å². The van der Waals surface area contributed by atoms with Crippen LogP contribution in [0.15, 0.2) is 24.3 Å². The van der Waals surface area contributed by atoms with E-state index in [0.29, 0.717) is 11.4 Å². The fraction of sp³-hybridized carbons (Fsp3) is 0.400. The van der Waals surface area contributed by atoms with Crippen LogP contribution in [0, 0.1) is 0 Å². The number of rotatable bonds is 5. The van der Waals surface area contributed by atoms with Crippen molar-refractivity contribution in [3.05, 3.63) is 30.0 Å². The quantitative estimate of drug-likeness (QED) is 0.811. The van der Waals surface area contributed by atoms with Gasteiger partial charge in [0.2, 0.25) is 0 Å². The number of H-pyrrole nitrogens is 1. The largest absolute Gasteiger partial charge is 0.397 e. The topological polar surface area (TPSA) is 62.1 Å². The van der Waals surface area contributed by atoms with Crippen molar-refractivity contribution in [3.8, 4) is 0 Å². The minimum atomic E-state index is 0.0549. The molecular weight excluding hydrogens is 238 g/mol. The Morgan fingerprint density at radius 3 is 2.53 bits per heavy atom. The smallest absolute Gasteiger partial charge is 0.270 e. The van der Waals surface area contributed by atoms with Crippen LogP contribution in [0.5, 0.6) is 0 Å². The molecule has 2 aromatic rings. The zero-order chi connectivity index (χ0) is 13.8. The maximum atomic E-state index is 12.5. The lowest BCUT2D eigenvalue weighted by Crippen LogP contribution is -2.32. The number of anilines is 1. The fourth-order valence-corrected chi connectivity index (χ4v) is 2.32. The second-order valence-electron chi connectivity index (χ2n) is 4.79. The Bertz CT molecular complexity index is 568. The number of benzene rings is 1. The summed E-state index contributed by atoms with van der Waals surface area (Å²) in [5.74, 6) is 0.0549. The summed E-state index contributed by atoms with van der Waals surface area (Å²) in [6.07, 6.45) is 1.93. The highest BCUT2D eigenvalue weighted by Gasteiger charge is 2.16. The standard InChI is InChI=1S/C15H21N3O/c1-3-8-18(9-4-2)15(19)13-10-11-6-5-7-12(16)14(11)17-13/h5-7,10,17H,3-4,8-9,16H2,1-2H3. The molecule has 0 spiro atoms. The van der Waals surface area contributed by atoms with Crippen molar-refractivity contribution < 1.29 is 4.79 Å². The zero-order valence-corrected chi connectivity index (χ0v) is 11.6. The number of carbonyl (C=O) groups is 1. The Kier molecular flexibility index (Phi) is 4.10. The highest BCUT2D eigenvalue weighted by atomic mass is 16.2. The van der Waals surface area contributed by atoms with Crippen LogP contribution < -0.4 is 5.73 Å². The van der Waals surface area contributed by atoms with E-state index in [2.05, 4.69) is 18.8 Å². The van der Waals surface area contributed by atoms with Gasteiger partial charge < -0.3 is 15.6 Å². The maximum Gasteiger partial charge on any atom is 0.270 e. The number of hydrogen-bond donors (Lipinski definition) is 2. The van der Waals surface area contributed by atoms with Gasteiger partial charge in [-0.25, -0.2) is 0 Å². The first-order valence-corrected chi connectivity index (χ1v) is 6.83. The fourth-order valence-electron chi connectivity index (χ4n) is 2.32. The molecule has 1 heterocycles. The van der Waals surface area contributed by atoms with Crippen LogP contribution in [0.3, 0.4) is 0 Å². The number of amides is 1. The van der Waals surface area contributed by atoms with Crippen LogP contribution in [0.1, 0.15) is 37.2 Å². The van der Waals surface area contributed by atoms with Crippen LogP contribution in [-0.2, 0) is 0 Å². The molecule has 0 aliphatic rings. The highest BCUT2D eigenvalue weighted by molar-refractivity contribution is 6.00. The lowest BCUT2D eigenvalue weighted by Gasteiger charge is -2.20. The number of fused-ring (bicyclic) bond motifs is 1. The van der Waals surface area contributed by atoms with E-state index in [-0.39, 0.29) is 5.91 Å². The van der Waals surface area contributed by atoms with Gasteiger partial charge in [0.25, 0.3) is 5.91 Å². The van der Waals surface area contributed by atoms with Gasteiger partial charge in [-0.3, -0.25) is 4.79 Å². The molecule has 4 nitrogen and oxygen atoms in total. The van der Waals surface area contributed by atoms with Crippen LogP contribution in [0.4, 0.5) is 5.69 Å². The van der Waals surface area contributed by atoms with Crippen LogP contribution in [-0.4, -0.2) is 28.9 Å². The van der Waals surface area contributed by atoms with Crippen LogP contribution in [0.2, 0.25) is 0 Å². The summed E-state index contributed by atoms with van der Waals surface area (Å²) in [6.45, 7) is 5.74. The second-order valence-corrected chi connectivity index (χ2v) is 4.79. The third kappa shape index (κ3) is 2.72. The van der Waals surface area contributed by atoms with E-state index in [1.165, 1.54) is 0 Å². The number of carbonyl (C=O) groups excluding carboxylic acids is 1. The molecule has 0 bridgehead atoms. The number of hydrogen-bond acceptors (Lipinski definition) is 2. The Morgan fingerprint density at radius 1 is 1.26 bits per heavy atom. The molecule has 1 aromatic heterocycles. The van der Waals surface area contributed by atoms with E-state index in [9.17, 15) is 4.79 Å². The molecule has 0 fully saturated rings. The van der Waals surface area contributed by atoms with Crippen molar-refractivity contribution in [2.45, 2.75) is 26.7 Å². The van der Waals surface area contributed by atoms with Gasteiger partial charge in [0.1, 0.15) is 5.69 Å². The van der Waals surface area contributed by atoms with E-state index in [1.807, 2.05) is 29.2 Å². The van der Waals surface area contributed by atoms with Gasteiger partial charge in [0.05, 0.1) is 11.2 Å². The van der Waals surface area contributed by atoms with Gasteiger partial charge in [-0.15, -0.1) is 0 Å². The van der Waals surface area contributed by atoms with E-state index in [4.69, 9.17) is 5.73 Å². The van der Waals surface area contributed by atoms with Gasteiger partial charge in [-0.05, 0) is 25.0 Å². The lowest BCUT2D eigenvalue weighted by molar-refractivity contribution is 0.0750. The normalized spacial score (nSPS) is 10.8. The van der Waals surface area contributed by atoms with Crippen molar-refractivity contribution in [1.82, 2.24) is 9.88 Å². The zero-order valence-electron chi connectivity index (χ0n) is 11.6. The number of aromatic amines is 1. The molecule has 0 radical (unpaired) electrons. The van der Waals surface area contributed by atoms with E-state index < -0.39 is 0 Å². The predicted molar refractivity (Wildman–Crippen MR) is 79.2 cm³/mol. The average Bonchev–Trinajstić information content (AvgIpc) is 2.83. The predicted octanol–water partition coefficient (Wildman–Crippen LogP) is 3.01. The first-order chi connectivity index (χ1) is 9.17. The summed E-state index contributed by atoms with van der Waals surface area (Å²) in [6, 6.07) is 7.58. The number of nitrogens with two attached hydrogens (primary N) is 1. The highest BCUT2D eigenvalue weighted by Crippen LogP contribution is 2.22. The Morgan fingerprint density at radius 2 is 1.95 bits per heavy atom. The molecule has 2 rings (SSSR count). The summed E-state index contributed by atoms with van der Waals surface area (Å²) in [5, 5.41) is 0.983. The number of para-hydroxylation sites is 1. The van der Waals surface area contributed by atoms with Crippen molar-refractivity contribution in [2.24, 2.45) is 0 Å². The van der Waals surface area contributed by atoms with Gasteiger partial charge in [0, 0.05) is 18.5 Å². The molecule has 0 saturated heterocycles. The molecule has 0 atom stereocenters. The number of aromatic nitrogens is 1. The van der Waals surface area contributed by atoms with Crippen molar-refractivity contribution in [3.63, 3.8) is 0 Å². The molecule has 0 saturated carbocycles. The maximum absolute atomic E-state index is 12.5. The SMILES string of the molecule is CCCN(CCC)C(=O)c1cc2cccc(N)c2[nH]1. The number of nitrogen functional groups attached to an aromatic ring is 1. The number of nitrogens with zero attached hydrogens (tertiary/aromatic N) is 1. The Hall–Kier alpha value is -1.97. The summed E-state index contributed by atoms with van der Waals surface area (Å²) in [4.78, 5) is 17.5. The molecule has 1 amide bonds. The van der Waals surface area contributed by atoms with Crippen LogP contribution in [0.25, 0.3) is 10.9 Å². The summed E-state index contributed by atoms with van der Waals surface area (Å²) >= 11 is 0. The number of nitrogens with one attached hydrogen (secondary N) is 1. The van der Waals surface area contributed by atoms with Gasteiger partial charge in [0.15, 0.2) is 0 Å². The van der Waals surface area contributed by atoms with E-state index in [0.717, 1.165) is 36.8 Å². The minimum absolute atomic E-state index is 0.0549. The summed E-state index contributed by atoms with van der Waals surface area (Å²) in [7, 11) is 0. The van der Waals surface area contributed by atoms with Gasteiger partial charge >= 0.3 is 0 Å². The third-order valence-corrected chi connectivity index (χ3v) is 3.19. The van der Waals surface area contributed by atoms with Crippen molar-refractivity contribution >= 4 is 22.5 Å². The molecule has 3 N–H and O–H groups in total. The second kappa shape index (κ2) is 5.78. The first kappa shape index (κ1) is 13.5. The van der Waals surface area contributed by atoms with Gasteiger partial charge in [-0.2, -0.15) is 0 Å². The van der Waals surface area contributed by atoms with E-state index >= 15 is 0 Å². The Balaban J connectivity index is 2.32. The summed E-state index contributed by atoms with van der Waals surface area (Å²) < 4.78 is 0. The van der Waals surface area contributed by atoms with Crippen LogP contribution >= 0.6 is 0 Å². The molecule has 0 unspecified atom stereocenters. The van der Waals surface area contributed by atoms with E-state index in [1.54, 1.807) is 0 Å². The molecule has 0 aliphatic heterocycles. The molecule has 4 heteroatoms. The molecule has 1 aromatic carbocycles. The third-order valence-electron chi connectivity index (χ3n) is 3.19.